The van der Waals surface area contributed by atoms with Gasteiger partial charge in [-0.15, -0.1) is 0 Å². The molecule has 0 unspecified atom stereocenters. The van der Waals surface area contributed by atoms with Gasteiger partial charge in [-0.25, -0.2) is 0 Å². The molecule has 0 aromatic carbocycles. The second-order valence-corrected chi connectivity index (χ2v) is 5.69. The fraction of sp³-hybridized carbons (Fsp3) is 0.727. The molecule has 1 rings (SSSR count). The number of halogens is 17. The van der Waals surface area contributed by atoms with Gasteiger partial charge in [-0.3, -0.25) is 15.0 Å². The second-order valence-electron chi connectivity index (χ2n) is 5.69. The smallest absolute Gasteiger partial charge is 0.296 e. The Morgan fingerprint density at radius 3 is 1.10 bits per heavy atom. The molecular formula is C11H3F17N2O. The lowest BCUT2D eigenvalue weighted by Gasteiger charge is -2.42. The van der Waals surface area contributed by atoms with Crippen molar-refractivity contribution in [2.24, 2.45) is 0 Å². The van der Waals surface area contributed by atoms with Crippen molar-refractivity contribution in [3.8, 4) is 0 Å². The number of nitrogens with one attached hydrogen (secondary N) is 2. The van der Waals surface area contributed by atoms with E-state index in [2.05, 4.69) is 0 Å². The van der Waals surface area contributed by atoms with Crippen LogP contribution >= 0.6 is 0 Å². The molecule has 2 N–H and O–H groups in total. The summed E-state index contributed by atoms with van der Waals surface area (Å²) in [6.07, 6.45) is -7.80. The van der Waals surface area contributed by atoms with E-state index in [1.54, 1.807) is 0 Å². The molecule has 31 heavy (non-hydrogen) atoms. The molecule has 0 fully saturated rings. The van der Waals surface area contributed by atoms with E-state index < -0.39 is 65.0 Å². The van der Waals surface area contributed by atoms with Gasteiger partial charge in [-0.2, -0.15) is 74.6 Å². The number of hydrogen-bond acceptors (Lipinski definition) is 1. The summed E-state index contributed by atoms with van der Waals surface area (Å²) in [6.45, 7) is 0. The van der Waals surface area contributed by atoms with E-state index in [9.17, 15) is 79.4 Å². The summed E-state index contributed by atoms with van der Waals surface area (Å²) in [5.74, 6) is -57.2. The predicted octanol–water partition coefficient (Wildman–Crippen LogP) is 5.17. The normalized spacial score (nSPS) is 16.0. The Balaban J connectivity index is 3.70. The Morgan fingerprint density at radius 1 is 0.484 bits per heavy atom. The molecule has 0 saturated carbocycles. The fourth-order valence-corrected chi connectivity index (χ4v) is 1.83. The van der Waals surface area contributed by atoms with Crippen molar-refractivity contribution in [3.05, 3.63) is 22.1 Å². The summed E-state index contributed by atoms with van der Waals surface area (Å²) < 4.78 is 221. The van der Waals surface area contributed by atoms with E-state index in [1.165, 1.54) is 0 Å². The summed E-state index contributed by atoms with van der Waals surface area (Å²) >= 11 is 0. The quantitative estimate of drug-likeness (QED) is 0.497. The molecular weight excluding hydrogens is 499 g/mol. The van der Waals surface area contributed by atoms with E-state index in [0.29, 0.717) is 0 Å². The van der Waals surface area contributed by atoms with Gasteiger partial charge < -0.3 is 0 Å². The van der Waals surface area contributed by atoms with Crippen LogP contribution in [0.5, 0.6) is 0 Å². The first-order valence-corrected chi connectivity index (χ1v) is 6.74. The average molecular weight is 502 g/mol. The van der Waals surface area contributed by atoms with Crippen LogP contribution in [0.25, 0.3) is 0 Å². The highest BCUT2D eigenvalue weighted by Gasteiger charge is 2.95. The first kappa shape index (κ1) is 26.9. The summed E-state index contributed by atoms with van der Waals surface area (Å²) in [6, 6.07) is -0.688. The monoisotopic (exact) mass is 502 g/mol. The number of aromatic nitrogens is 2. The molecule has 0 aliphatic carbocycles. The molecule has 1 heterocycles. The Labute approximate surface area is 156 Å². The van der Waals surface area contributed by atoms with Crippen LogP contribution in [-0.2, 0) is 5.92 Å². The molecule has 0 aliphatic heterocycles. The van der Waals surface area contributed by atoms with Crippen LogP contribution in [0.15, 0.2) is 10.9 Å². The number of alkyl halides is 17. The van der Waals surface area contributed by atoms with Crippen molar-refractivity contribution in [1.82, 2.24) is 10.2 Å². The minimum Gasteiger partial charge on any atom is -0.296 e. The Morgan fingerprint density at radius 2 is 0.806 bits per heavy atom. The molecule has 0 atom stereocenters. The van der Waals surface area contributed by atoms with Crippen molar-refractivity contribution < 1.29 is 74.6 Å². The van der Waals surface area contributed by atoms with E-state index in [1.807, 2.05) is 0 Å². The van der Waals surface area contributed by atoms with Gasteiger partial charge in [0.05, 0.1) is 0 Å². The first-order valence-electron chi connectivity index (χ1n) is 6.74. The van der Waals surface area contributed by atoms with Crippen LogP contribution < -0.4 is 5.56 Å². The maximum Gasteiger partial charge on any atom is 0.460 e. The lowest BCUT2D eigenvalue weighted by Crippen LogP contribution is -2.74. The maximum atomic E-state index is 13.6. The number of hydrogen-bond donors (Lipinski definition) is 2. The van der Waals surface area contributed by atoms with Crippen LogP contribution in [0.3, 0.4) is 0 Å². The molecule has 0 radical (unpaired) electrons. The molecule has 1 aromatic heterocycles. The third-order valence-corrected chi connectivity index (χ3v) is 3.66. The Hall–Kier alpha value is -2.18. The van der Waals surface area contributed by atoms with E-state index in [4.69, 9.17) is 0 Å². The van der Waals surface area contributed by atoms with Gasteiger partial charge in [0.2, 0.25) is 0 Å². The Bertz CT molecular complexity index is 860. The molecule has 1 aromatic rings. The Kier molecular flexibility index (Phi) is 5.77. The highest BCUT2D eigenvalue weighted by atomic mass is 19.4. The van der Waals surface area contributed by atoms with Crippen LogP contribution in [0.1, 0.15) is 5.69 Å². The molecule has 3 nitrogen and oxygen atoms in total. The summed E-state index contributed by atoms with van der Waals surface area (Å²) in [7, 11) is 0. The van der Waals surface area contributed by atoms with Gasteiger partial charge in [0, 0.05) is 6.07 Å². The summed E-state index contributed by atoms with van der Waals surface area (Å²) in [5.41, 5.74) is -4.49. The van der Waals surface area contributed by atoms with E-state index >= 15 is 0 Å². The third kappa shape index (κ3) is 3.23. The highest BCUT2D eigenvalue weighted by molar-refractivity contribution is 5.19. The van der Waals surface area contributed by atoms with Crippen LogP contribution in [0, 0.1) is 0 Å². The molecule has 0 amide bonds. The van der Waals surface area contributed by atoms with Gasteiger partial charge in [-0.1, -0.05) is 0 Å². The lowest BCUT2D eigenvalue weighted by atomic mass is 9.88. The summed E-state index contributed by atoms with van der Waals surface area (Å²) in [4.78, 5) is 10.6. The van der Waals surface area contributed by atoms with Crippen molar-refractivity contribution >= 4 is 0 Å². The fourth-order valence-electron chi connectivity index (χ4n) is 1.83. The zero-order valence-corrected chi connectivity index (χ0v) is 13.4. The third-order valence-electron chi connectivity index (χ3n) is 3.66. The lowest BCUT2D eigenvalue weighted by molar-refractivity contribution is -0.462. The first-order chi connectivity index (χ1) is 13.2. The molecule has 0 spiro atoms. The molecule has 0 bridgehead atoms. The minimum atomic E-state index is -8.69. The molecule has 0 aliphatic rings. The standard InChI is InChI=1S/C11H3F17N2O/c12-4(13,2-1-3(31)30-29-2)5(14,15)6(16,17)7(18,19)8(20,21)9(22,23)10(24,25)11(26,27)28/h1H,(H2,29,30,31). The number of aromatic amines is 2. The highest BCUT2D eigenvalue weighted by Crippen LogP contribution is 2.64. The molecule has 20 heteroatoms. The van der Waals surface area contributed by atoms with Gasteiger partial charge in [0.1, 0.15) is 5.69 Å². The second kappa shape index (κ2) is 6.66. The van der Waals surface area contributed by atoms with Crippen LogP contribution in [-0.4, -0.2) is 51.9 Å². The van der Waals surface area contributed by atoms with Gasteiger partial charge in [0.25, 0.3) is 5.56 Å². The zero-order valence-electron chi connectivity index (χ0n) is 13.4. The maximum absolute atomic E-state index is 13.6. The number of H-pyrrole nitrogens is 2. The van der Waals surface area contributed by atoms with Crippen molar-refractivity contribution in [1.29, 1.82) is 0 Å². The van der Waals surface area contributed by atoms with Gasteiger partial charge in [-0.05, 0) is 0 Å². The largest absolute Gasteiger partial charge is 0.460 e. The van der Waals surface area contributed by atoms with E-state index in [-0.39, 0.29) is 0 Å². The molecule has 0 saturated heterocycles. The topological polar surface area (TPSA) is 48.6 Å². The zero-order chi connectivity index (χ0) is 25.3. The van der Waals surface area contributed by atoms with E-state index in [0.717, 1.165) is 10.2 Å². The minimum absolute atomic E-state index is 0.688. The predicted molar refractivity (Wildman–Crippen MR) is 61.0 cm³/mol. The average Bonchev–Trinajstić information content (AvgIpc) is 2.99. The number of rotatable bonds is 7. The molecule has 182 valence electrons. The van der Waals surface area contributed by atoms with Crippen molar-refractivity contribution in [2.75, 3.05) is 0 Å². The van der Waals surface area contributed by atoms with Crippen molar-refractivity contribution in [3.63, 3.8) is 0 Å². The SMILES string of the molecule is O=c1cc(C(F)(F)C(F)(F)C(F)(F)C(F)(F)C(F)(F)C(F)(F)C(F)(F)C(F)(F)F)[nH][nH]1. The van der Waals surface area contributed by atoms with Crippen LogP contribution in [0.4, 0.5) is 74.6 Å². The van der Waals surface area contributed by atoms with Gasteiger partial charge in [0.15, 0.2) is 0 Å². The summed E-state index contributed by atoms with van der Waals surface area (Å²) in [5, 5.41) is 1.75. The van der Waals surface area contributed by atoms with Crippen LogP contribution in [0.2, 0.25) is 0 Å². The van der Waals surface area contributed by atoms with Crippen molar-refractivity contribution in [2.45, 2.75) is 47.6 Å². The van der Waals surface area contributed by atoms with Gasteiger partial charge >= 0.3 is 47.6 Å².